The first-order chi connectivity index (χ1) is 8.65. The van der Waals surface area contributed by atoms with Crippen molar-refractivity contribution >= 4 is 0 Å². The average molecular weight is 250 g/mol. The number of methoxy groups -OCH3 is 1. The van der Waals surface area contributed by atoms with E-state index in [2.05, 4.69) is 49.9 Å². The Morgan fingerprint density at radius 2 is 2.00 bits per heavy atom. The number of nitrogens with two attached hydrogens (primary N) is 1. The average Bonchev–Trinajstić information content (AvgIpc) is 2.37. The highest BCUT2D eigenvalue weighted by atomic mass is 16.5. The Hall–Kier alpha value is -0.900. The Kier molecular flexibility index (Phi) is 6.33. The molecule has 3 heteroatoms. The number of ether oxygens (including phenoxy) is 1. The van der Waals surface area contributed by atoms with Crippen molar-refractivity contribution in [2.24, 2.45) is 5.73 Å². The lowest BCUT2D eigenvalue weighted by atomic mass is 9.99. The molecule has 0 aromatic heterocycles. The van der Waals surface area contributed by atoms with Crippen molar-refractivity contribution in [3.63, 3.8) is 0 Å². The summed E-state index contributed by atoms with van der Waals surface area (Å²) >= 11 is 0. The maximum Gasteiger partial charge on any atom is 0.0615 e. The first-order valence-corrected chi connectivity index (χ1v) is 6.65. The van der Waals surface area contributed by atoms with Gasteiger partial charge in [-0.05, 0) is 31.5 Å². The number of benzene rings is 1. The predicted octanol–water partition coefficient (Wildman–Crippen LogP) is 2.35. The molecule has 2 unspecified atom stereocenters. The molecule has 1 rings (SSSR count). The molecule has 102 valence electrons. The maximum atomic E-state index is 6.00. The number of likely N-dealkylation sites (N-methyl/N-ethyl adjacent to an activating group) is 1. The first-order valence-electron chi connectivity index (χ1n) is 6.65. The third kappa shape index (κ3) is 3.55. The van der Waals surface area contributed by atoms with E-state index in [4.69, 9.17) is 10.5 Å². The van der Waals surface area contributed by atoms with Crippen LogP contribution in [0.3, 0.4) is 0 Å². The fourth-order valence-electron chi connectivity index (χ4n) is 2.58. The molecule has 0 spiro atoms. The van der Waals surface area contributed by atoms with Gasteiger partial charge in [0.2, 0.25) is 0 Å². The van der Waals surface area contributed by atoms with Crippen LogP contribution in [0.25, 0.3) is 0 Å². The van der Waals surface area contributed by atoms with Crippen molar-refractivity contribution in [3.05, 3.63) is 35.4 Å². The lowest BCUT2D eigenvalue weighted by Gasteiger charge is -2.35. The molecule has 0 aliphatic rings. The van der Waals surface area contributed by atoms with Crippen molar-refractivity contribution in [2.75, 3.05) is 26.8 Å². The van der Waals surface area contributed by atoms with Crippen molar-refractivity contribution < 1.29 is 4.74 Å². The van der Waals surface area contributed by atoms with E-state index in [0.717, 1.165) is 13.2 Å². The third-order valence-corrected chi connectivity index (χ3v) is 3.51. The Morgan fingerprint density at radius 1 is 1.33 bits per heavy atom. The Bertz CT molecular complexity index is 354. The van der Waals surface area contributed by atoms with Gasteiger partial charge in [0.25, 0.3) is 0 Å². The van der Waals surface area contributed by atoms with E-state index in [-0.39, 0.29) is 6.04 Å². The molecular formula is C15H26N2O. The molecule has 0 bridgehead atoms. The summed E-state index contributed by atoms with van der Waals surface area (Å²) in [7, 11) is 1.75. The van der Waals surface area contributed by atoms with Gasteiger partial charge in [0.05, 0.1) is 6.61 Å². The van der Waals surface area contributed by atoms with Gasteiger partial charge < -0.3 is 10.5 Å². The van der Waals surface area contributed by atoms with Crippen LogP contribution < -0.4 is 5.73 Å². The van der Waals surface area contributed by atoms with Crippen LogP contribution in [0.4, 0.5) is 0 Å². The highest BCUT2D eigenvalue weighted by Gasteiger charge is 2.23. The Morgan fingerprint density at radius 3 is 2.50 bits per heavy atom. The van der Waals surface area contributed by atoms with E-state index < -0.39 is 0 Å². The van der Waals surface area contributed by atoms with E-state index in [9.17, 15) is 0 Å². The molecule has 0 radical (unpaired) electrons. The van der Waals surface area contributed by atoms with Gasteiger partial charge in [-0.3, -0.25) is 4.90 Å². The van der Waals surface area contributed by atoms with Gasteiger partial charge in [0, 0.05) is 25.7 Å². The smallest absolute Gasteiger partial charge is 0.0615 e. The molecule has 2 atom stereocenters. The Labute approximate surface area is 111 Å². The summed E-state index contributed by atoms with van der Waals surface area (Å²) < 4.78 is 5.26. The third-order valence-electron chi connectivity index (χ3n) is 3.51. The minimum absolute atomic E-state index is 0.265. The molecule has 0 amide bonds. The van der Waals surface area contributed by atoms with Crippen molar-refractivity contribution in [1.29, 1.82) is 0 Å². The summed E-state index contributed by atoms with van der Waals surface area (Å²) in [6.45, 7) is 8.84. The van der Waals surface area contributed by atoms with Crippen molar-refractivity contribution in [2.45, 2.75) is 32.9 Å². The van der Waals surface area contributed by atoms with Crippen LogP contribution in [0, 0.1) is 6.92 Å². The fourth-order valence-corrected chi connectivity index (χ4v) is 2.58. The van der Waals surface area contributed by atoms with Gasteiger partial charge in [-0.25, -0.2) is 0 Å². The number of nitrogens with zero attached hydrogens (tertiary/aromatic N) is 1. The zero-order valence-corrected chi connectivity index (χ0v) is 12.0. The monoisotopic (exact) mass is 250 g/mol. The lowest BCUT2D eigenvalue weighted by molar-refractivity contribution is 0.0749. The van der Waals surface area contributed by atoms with Crippen LogP contribution in [0.5, 0.6) is 0 Å². The largest absolute Gasteiger partial charge is 0.383 e. The minimum atomic E-state index is 0.265. The van der Waals surface area contributed by atoms with E-state index >= 15 is 0 Å². The molecular weight excluding hydrogens is 224 g/mol. The van der Waals surface area contributed by atoms with E-state index in [1.807, 2.05) is 0 Å². The van der Waals surface area contributed by atoms with Crippen molar-refractivity contribution in [3.8, 4) is 0 Å². The molecule has 1 aromatic carbocycles. The van der Waals surface area contributed by atoms with Crippen LogP contribution >= 0.6 is 0 Å². The summed E-state index contributed by atoms with van der Waals surface area (Å²) in [6, 6.07) is 9.11. The van der Waals surface area contributed by atoms with Crippen molar-refractivity contribution in [1.82, 2.24) is 4.90 Å². The van der Waals surface area contributed by atoms with Gasteiger partial charge in [-0.15, -0.1) is 0 Å². The SMILES string of the molecule is CCN(C(C)COC)C(CN)c1ccccc1C. The summed E-state index contributed by atoms with van der Waals surface area (Å²) in [5.41, 5.74) is 8.63. The molecule has 0 heterocycles. The normalized spacial score (nSPS) is 14.8. The summed E-state index contributed by atoms with van der Waals surface area (Å²) in [6.07, 6.45) is 0. The number of hydrogen-bond donors (Lipinski definition) is 1. The molecule has 18 heavy (non-hydrogen) atoms. The zero-order chi connectivity index (χ0) is 13.5. The molecule has 0 aliphatic heterocycles. The van der Waals surface area contributed by atoms with E-state index in [1.165, 1.54) is 11.1 Å². The van der Waals surface area contributed by atoms with Gasteiger partial charge in [-0.1, -0.05) is 31.2 Å². The van der Waals surface area contributed by atoms with Crippen LogP contribution in [0.1, 0.15) is 31.0 Å². The molecule has 0 fully saturated rings. The van der Waals surface area contributed by atoms with Crippen LogP contribution in [0.2, 0.25) is 0 Å². The zero-order valence-electron chi connectivity index (χ0n) is 12.0. The Balaban J connectivity index is 2.96. The van der Waals surface area contributed by atoms with E-state index in [1.54, 1.807) is 7.11 Å². The van der Waals surface area contributed by atoms with Crippen LogP contribution in [-0.4, -0.2) is 37.7 Å². The minimum Gasteiger partial charge on any atom is -0.383 e. The maximum absolute atomic E-state index is 6.00. The van der Waals surface area contributed by atoms with Gasteiger partial charge in [0.15, 0.2) is 0 Å². The van der Waals surface area contributed by atoms with Crippen LogP contribution in [-0.2, 0) is 4.74 Å². The topological polar surface area (TPSA) is 38.5 Å². The predicted molar refractivity (Wildman–Crippen MR) is 76.7 cm³/mol. The van der Waals surface area contributed by atoms with E-state index in [0.29, 0.717) is 12.6 Å². The second kappa shape index (κ2) is 7.52. The highest BCUT2D eigenvalue weighted by molar-refractivity contribution is 5.29. The van der Waals surface area contributed by atoms with Crippen LogP contribution in [0.15, 0.2) is 24.3 Å². The molecule has 3 nitrogen and oxygen atoms in total. The summed E-state index contributed by atoms with van der Waals surface area (Å²) in [5, 5.41) is 0. The van der Waals surface area contributed by atoms with Gasteiger partial charge >= 0.3 is 0 Å². The standard InChI is InChI=1S/C15H26N2O/c1-5-17(13(3)11-18-4)15(10-16)14-9-7-6-8-12(14)2/h6-9,13,15H,5,10-11,16H2,1-4H3. The lowest BCUT2D eigenvalue weighted by Crippen LogP contribution is -2.42. The molecule has 0 saturated carbocycles. The molecule has 2 N–H and O–H groups in total. The number of aryl methyl sites for hydroxylation is 1. The summed E-state index contributed by atoms with van der Waals surface area (Å²) in [5.74, 6) is 0. The first kappa shape index (κ1) is 15.2. The summed E-state index contributed by atoms with van der Waals surface area (Å²) in [4.78, 5) is 2.41. The highest BCUT2D eigenvalue weighted by Crippen LogP contribution is 2.24. The second-order valence-corrected chi connectivity index (χ2v) is 4.74. The van der Waals surface area contributed by atoms with Gasteiger partial charge in [-0.2, -0.15) is 0 Å². The second-order valence-electron chi connectivity index (χ2n) is 4.74. The fraction of sp³-hybridized carbons (Fsp3) is 0.600. The number of rotatable bonds is 7. The molecule has 0 aliphatic carbocycles. The van der Waals surface area contributed by atoms with Gasteiger partial charge in [0.1, 0.15) is 0 Å². The molecule has 1 aromatic rings. The molecule has 0 saturated heterocycles. The number of hydrogen-bond acceptors (Lipinski definition) is 3. The quantitative estimate of drug-likeness (QED) is 0.807.